The number of hydrogen-bond donors (Lipinski definition) is 20. The van der Waals surface area contributed by atoms with Crippen LogP contribution in [0.2, 0.25) is 0 Å². The zero-order valence-electron chi connectivity index (χ0n) is 47.4. The largest absolute Gasteiger partial charge is 0.394 e. The van der Waals surface area contributed by atoms with Crippen molar-refractivity contribution in [2.45, 2.75) is 132 Å². The molecule has 25 N–H and O–H groups in total. The number of unbranched alkanes of at least 4 members (excludes halogenated alkanes) is 1. The molecule has 2 fully saturated rings. The number of guanidine groups is 1. The summed E-state index contributed by atoms with van der Waals surface area (Å²) in [5.74, 6) is -13.2. The molecule has 85 heavy (non-hydrogen) atoms. The van der Waals surface area contributed by atoms with Gasteiger partial charge in [0.2, 0.25) is 82.7 Å². The zero-order valence-corrected chi connectivity index (χ0v) is 49.0. The smallest absolute Gasteiger partial charge is 0.245 e. The fourth-order valence-electron chi connectivity index (χ4n) is 8.08. The van der Waals surface area contributed by atoms with Gasteiger partial charge in [-0.25, -0.2) is 0 Å². The van der Waals surface area contributed by atoms with Crippen LogP contribution in [0.4, 0.5) is 0 Å². The summed E-state index contributed by atoms with van der Waals surface area (Å²) in [5, 5.41) is 56.2. The van der Waals surface area contributed by atoms with Crippen LogP contribution < -0.4 is 92.5 Å². The molecule has 0 aromatic heterocycles. The predicted octanol–water partition coefficient (Wildman–Crippen LogP) is -10.3. The lowest BCUT2D eigenvalue weighted by molar-refractivity contribution is -0.142. The monoisotopic (exact) mass is 1250 g/mol. The van der Waals surface area contributed by atoms with Gasteiger partial charge in [-0.1, -0.05) is 41.9 Å². The lowest BCUT2D eigenvalue weighted by atomic mass is 10.0. The molecule has 35 nitrogen and oxygen atoms in total. The van der Waals surface area contributed by atoms with Gasteiger partial charge in [-0.05, 0) is 63.8 Å². The van der Waals surface area contributed by atoms with Gasteiger partial charge in [-0.15, -0.1) is 0 Å². The third kappa shape index (κ3) is 28.2. The van der Waals surface area contributed by atoms with E-state index in [4.69, 9.17) is 34.1 Å². The number of nitrogens with two attached hydrogens (primary N) is 5. The number of nitrogens with zero attached hydrogens (tertiary/aromatic N) is 1. The first-order valence-electron chi connectivity index (χ1n) is 27.3. The molecule has 2 rings (SSSR count). The first kappa shape index (κ1) is 73.5. The summed E-state index contributed by atoms with van der Waals surface area (Å²) in [6.45, 7) is -0.480. The Morgan fingerprint density at radius 1 is 0.671 bits per heavy atom. The Hall–Kier alpha value is -7.61. The van der Waals surface area contributed by atoms with E-state index in [0.717, 1.165) is 21.6 Å². The summed E-state index contributed by atoms with van der Waals surface area (Å²) >= 11 is 0. The average molecular weight is 1250 g/mol. The topological polar surface area (TPSA) is 581 Å². The van der Waals surface area contributed by atoms with Crippen molar-refractivity contribution >= 4 is 110 Å². The third-order valence-electron chi connectivity index (χ3n) is 12.7. The van der Waals surface area contributed by atoms with Gasteiger partial charge in [0, 0.05) is 31.0 Å². The minimum atomic E-state index is -1.77. The van der Waals surface area contributed by atoms with Crippen LogP contribution in [0.1, 0.15) is 78.1 Å². The summed E-state index contributed by atoms with van der Waals surface area (Å²) in [7, 11) is 2.03. The minimum absolute atomic E-state index is 0.0234. The molecule has 2 heterocycles. The molecular formula is C48H83N19O16S2. The lowest BCUT2D eigenvalue weighted by Gasteiger charge is -2.31. The number of hydrogen-bond acceptors (Lipinski definition) is 21. The maximum atomic E-state index is 14.6. The van der Waals surface area contributed by atoms with Crippen molar-refractivity contribution in [1.29, 1.82) is 5.41 Å². The van der Waals surface area contributed by atoms with Gasteiger partial charge in [0.1, 0.15) is 48.3 Å². The molecular weight excluding hydrogens is 1160 g/mol. The van der Waals surface area contributed by atoms with E-state index in [1.165, 1.54) is 4.90 Å². The summed E-state index contributed by atoms with van der Waals surface area (Å²) in [6.07, 6.45) is 0.988. The predicted molar refractivity (Wildman–Crippen MR) is 306 cm³/mol. The van der Waals surface area contributed by atoms with Crippen molar-refractivity contribution in [2.75, 3.05) is 70.5 Å². The van der Waals surface area contributed by atoms with E-state index in [1.54, 1.807) is 13.8 Å². The molecule has 2 aliphatic heterocycles. The Morgan fingerprint density at radius 3 is 1.82 bits per heavy atom. The number of carbonyl (C=O) groups is 14. The van der Waals surface area contributed by atoms with E-state index >= 15 is 0 Å². The molecule has 0 radical (unpaired) electrons. The second kappa shape index (κ2) is 39.1. The maximum absolute atomic E-state index is 14.6. The number of primary amides is 2. The van der Waals surface area contributed by atoms with Crippen molar-refractivity contribution < 1.29 is 77.3 Å². The number of carbonyl (C=O) groups excluding carboxylic acids is 14. The molecule has 1 unspecified atom stereocenters. The molecule has 478 valence electrons. The molecule has 37 heteroatoms. The number of likely N-dealkylation sites (tertiary alicyclic amines) is 1. The van der Waals surface area contributed by atoms with Crippen LogP contribution in [0.25, 0.3) is 0 Å². The minimum Gasteiger partial charge on any atom is -0.394 e. The number of amides is 14. The molecule has 9 atom stereocenters. The van der Waals surface area contributed by atoms with E-state index in [-0.39, 0.29) is 62.6 Å². The second-order valence-electron chi connectivity index (χ2n) is 20.1. The van der Waals surface area contributed by atoms with Gasteiger partial charge in [0.15, 0.2) is 5.96 Å². The fraction of sp³-hybridized carbons (Fsp3) is 0.688. The van der Waals surface area contributed by atoms with E-state index in [9.17, 15) is 77.3 Å². The molecule has 0 saturated carbocycles. The van der Waals surface area contributed by atoms with Gasteiger partial charge < -0.3 is 108 Å². The highest BCUT2D eigenvalue weighted by molar-refractivity contribution is 8.76. The van der Waals surface area contributed by atoms with Crippen molar-refractivity contribution in [3.63, 3.8) is 0 Å². The van der Waals surface area contributed by atoms with Gasteiger partial charge >= 0.3 is 0 Å². The average Bonchev–Trinajstić information content (AvgIpc) is 3.20. The summed E-state index contributed by atoms with van der Waals surface area (Å²) in [5.41, 5.74) is 27.5. The van der Waals surface area contributed by atoms with Crippen LogP contribution in [-0.2, 0) is 67.1 Å². The molecule has 0 aromatic carbocycles. The third-order valence-corrected chi connectivity index (χ3v) is 15.1. The first-order chi connectivity index (χ1) is 40.2. The van der Waals surface area contributed by atoms with Gasteiger partial charge in [-0.2, -0.15) is 0 Å². The summed E-state index contributed by atoms with van der Waals surface area (Å²) in [4.78, 5) is 184. The highest BCUT2D eigenvalue weighted by atomic mass is 33.1. The number of rotatable bonds is 33. The first-order valence-corrected chi connectivity index (χ1v) is 29.8. The molecule has 0 aromatic rings. The Bertz CT molecular complexity index is 2380. The lowest BCUT2D eigenvalue weighted by Crippen LogP contribution is -2.61. The van der Waals surface area contributed by atoms with E-state index in [2.05, 4.69) is 63.8 Å². The van der Waals surface area contributed by atoms with Crippen LogP contribution in [0.15, 0.2) is 0 Å². The van der Waals surface area contributed by atoms with Gasteiger partial charge in [0.05, 0.1) is 45.4 Å². The van der Waals surface area contributed by atoms with Crippen LogP contribution in [-0.4, -0.2) is 229 Å². The number of nitrogens with one attached hydrogen (secondary N) is 13. The fourth-order valence-corrected chi connectivity index (χ4v) is 10.4. The Morgan fingerprint density at radius 2 is 1.25 bits per heavy atom. The quantitative estimate of drug-likeness (QED) is 0.0126. The van der Waals surface area contributed by atoms with E-state index < -0.39 is 195 Å². The molecule has 0 bridgehead atoms. The standard InChI is InChI=1S/C48H83N19O16S2/c1-24(2)15-28-42(78)64-30(21-69)44(80)65-31(39(52)75)22-84-85-23-32(45(81)63-28)66-46(82)33-9-6-14-67(33)47(83)27(8-5-13-55-48(53)54)62-41(77)26(10-11-34(51)70)61-43(79)29(20-68)60-38(74)19-58-36(72)17-56-35(71)16-57-37(73)18-59-40(76)25(50)7-3-4-12-49/h24-33,68-69H,3-23,49-50H2,1-2H3,(H2,51,70)(H2,52,75)(H,56,71)(H,57,73)(H,58,72)(H,59,76)(H,60,74)(H,61,79)(H,62,77)(H,63,81)(H,64,78)(H,65,80)(H,66,82)(H4,53,54,55)/t25-,26-,27-,28?,29-,30-,31-,32-,33-/m0/s1. The Balaban J connectivity index is 2.21. The molecule has 2 aliphatic rings. The van der Waals surface area contributed by atoms with Crippen LogP contribution in [0.5, 0.6) is 0 Å². The zero-order chi connectivity index (χ0) is 63.8. The van der Waals surface area contributed by atoms with Gasteiger partial charge in [-0.3, -0.25) is 72.5 Å². The molecule has 2 saturated heterocycles. The van der Waals surface area contributed by atoms with Crippen molar-refractivity contribution in [1.82, 2.24) is 68.7 Å². The maximum Gasteiger partial charge on any atom is 0.245 e. The summed E-state index contributed by atoms with van der Waals surface area (Å²) in [6, 6.07) is -12.4. The Kier molecular flexibility index (Phi) is 33.8. The molecule has 0 spiro atoms. The van der Waals surface area contributed by atoms with E-state index in [0.29, 0.717) is 25.8 Å². The molecule has 0 aliphatic carbocycles. The highest BCUT2D eigenvalue weighted by Crippen LogP contribution is 2.25. The number of aliphatic hydroxyl groups is 2. The van der Waals surface area contributed by atoms with Crippen LogP contribution >= 0.6 is 21.6 Å². The number of aliphatic hydroxyl groups excluding tert-OH is 2. The normalized spacial score (nSPS) is 19.7. The summed E-state index contributed by atoms with van der Waals surface area (Å²) < 4.78 is 0. The SMILES string of the molecule is CC(C)CC1NC(=O)[C@@H](NC(=O)[C@@H]2CCCN2C(=O)[C@H](CCCNC(=N)N)NC(=O)[C@H](CCC(N)=O)NC(=O)[C@H](CO)NC(=O)CNC(=O)CNC(=O)CNC(=O)CNC(=O)[C@@H](N)CCCCN)CSSC[C@@H](C(N)=O)NC(=O)[C@H](CO)NC1=O. The van der Waals surface area contributed by atoms with Crippen LogP contribution in [0.3, 0.4) is 0 Å². The van der Waals surface area contributed by atoms with Crippen molar-refractivity contribution in [2.24, 2.45) is 34.6 Å². The Labute approximate surface area is 497 Å². The van der Waals surface area contributed by atoms with Crippen LogP contribution in [0, 0.1) is 11.3 Å². The van der Waals surface area contributed by atoms with E-state index in [1.807, 2.05) is 0 Å². The molecule has 14 amide bonds. The second-order valence-corrected chi connectivity index (χ2v) is 22.6. The highest BCUT2D eigenvalue weighted by Gasteiger charge is 2.41. The van der Waals surface area contributed by atoms with Gasteiger partial charge in [0.25, 0.3) is 0 Å². The van der Waals surface area contributed by atoms with Crippen molar-refractivity contribution in [3.8, 4) is 0 Å². The van der Waals surface area contributed by atoms with Crippen molar-refractivity contribution in [3.05, 3.63) is 0 Å².